The van der Waals surface area contributed by atoms with Crippen molar-refractivity contribution in [2.24, 2.45) is 0 Å². The minimum absolute atomic E-state index is 0.306. The minimum atomic E-state index is -4.32. The highest BCUT2D eigenvalue weighted by Gasteiger charge is 2.30. The fourth-order valence-corrected chi connectivity index (χ4v) is 2.15. The normalized spacial score (nSPS) is 19.0. The van der Waals surface area contributed by atoms with Crippen molar-refractivity contribution >= 4 is 5.97 Å². The third-order valence-electron chi connectivity index (χ3n) is 3.29. The number of ether oxygens (including phenoxy) is 2. The van der Waals surface area contributed by atoms with E-state index in [9.17, 15) is 18.0 Å². The molecule has 0 amide bonds. The highest BCUT2D eigenvalue weighted by Crippen LogP contribution is 2.29. The van der Waals surface area contributed by atoms with Crippen molar-refractivity contribution in [1.82, 2.24) is 0 Å². The standard InChI is InChI=1S/C15H15F3O3/c1-20-13-8-12(21-14(19)9-13)7-4-10-2-5-11(6-3-10)15(16,17)18/h2-3,5-6,9,12H,4,7-8H2,1H3. The van der Waals surface area contributed by atoms with Gasteiger partial charge in [0.1, 0.15) is 11.9 Å². The van der Waals surface area contributed by atoms with Gasteiger partial charge in [-0.3, -0.25) is 0 Å². The lowest BCUT2D eigenvalue weighted by atomic mass is 10.0. The van der Waals surface area contributed by atoms with Crippen LogP contribution in [0.2, 0.25) is 0 Å². The number of hydrogen-bond acceptors (Lipinski definition) is 3. The van der Waals surface area contributed by atoms with Gasteiger partial charge >= 0.3 is 12.1 Å². The van der Waals surface area contributed by atoms with E-state index in [0.29, 0.717) is 25.0 Å². The van der Waals surface area contributed by atoms with Crippen LogP contribution in [-0.4, -0.2) is 19.2 Å². The van der Waals surface area contributed by atoms with Crippen molar-refractivity contribution in [3.8, 4) is 0 Å². The van der Waals surface area contributed by atoms with Crippen LogP contribution < -0.4 is 0 Å². The second-order valence-electron chi connectivity index (χ2n) is 4.81. The zero-order chi connectivity index (χ0) is 15.5. The Morgan fingerprint density at radius 2 is 1.95 bits per heavy atom. The summed E-state index contributed by atoms with van der Waals surface area (Å²) in [6, 6.07) is 5.01. The van der Waals surface area contributed by atoms with Crippen molar-refractivity contribution < 1.29 is 27.4 Å². The maximum Gasteiger partial charge on any atom is 0.416 e. The molecule has 1 aliphatic heterocycles. The molecule has 0 radical (unpaired) electrons. The van der Waals surface area contributed by atoms with E-state index in [-0.39, 0.29) is 6.10 Å². The molecule has 0 fully saturated rings. The average Bonchev–Trinajstić information content (AvgIpc) is 2.44. The zero-order valence-corrected chi connectivity index (χ0v) is 11.4. The summed E-state index contributed by atoms with van der Waals surface area (Å²) >= 11 is 0. The average molecular weight is 300 g/mol. The molecular formula is C15H15F3O3. The van der Waals surface area contributed by atoms with Crippen LogP contribution in [0.1, 0.15) is 24.0 Å². The Morgan fingerprint density at radius 1 is 1.29 bits per heavy atom. The summed E-state index contributed by atoms with van der Waals surface area (Å²) in [4.78, 5) is 11.3. The quantitative estimate of drug-likeness (QED) is 0.799. The molecule has 6 heteroatoms. The van der Waals surface area contributed by atoms with E-state index < -0.39 is 17.7 Å². The molecular weight excluding hydrogens is 285 g/mol. The first-order valence-electron chi connectivity index (χ1n) is 6.50. The number of cyclic esters (lactones) is 1. The number of rotatable bonds is 4. The summed E-state index contributed by atoms with van der Waals surface area (Å²) < 4.78 is 47.5. The number of esters is 1. The highest BCUT2D eigenvalue weighted by molar-refractivity contribution is 5.83. The Kier molecular flexibility index (Phi) is 4.55. The molecule has 1 atom stereocenters. The lowest BCUT2D eigenvalue weighted by Crippen LogP contribution is -2.23. The maximum absolute atomic E-state index is 12.4. The molecule has 21 heavy (non-hydrogen) atoms. The first kappa shape index (κ1) is 15.4. The fraction of sp³-hybridized carbons (Fsp3) is 0.400. The van der Waals surface area contributed by atoms with Crippen molar-refractivity contribution in [3.05, 3.63) is 47.2 Å². The lowest BCUT2D eigenvalue weighted by Gasteiger charge is -2.22. The van der Waals surface area contributed by atoms with Gasteiger partial charge in [-0.2, -0.15) is 13.2 Å². The van der Waals surface area contributed by atoms with E-state index in [2.05, 4.69) is 0 Å². The molecule has 1 aromatic carbocycles. The maximum atomic E-state index is 12.4. The van der Waals surface area contributed by atoms with Crippen LogP contribution in [0.25, 0.3) is 0 Å². The number of hydrogen-bond donors (Lipinski definition) is 0. The van der Waals surface area contributed by atoms with E-state index in [0.717, 1.165) is 17.7 Å². The zero-order valence-electron chi connectivity index (χ0n) is 11.4. The van der Waals surface area contributed by atoms with Gasteiger partial charge in [0.25, 0.3) is 0 Å². The Hall–Kier alpha value is -1.98. The van der Waals surface area contributed by atoms with Crippen LogP contribution in [-0.2, 0) is 26.9 Å². The number of methoxy groups -OCH3 is 1. The molecule has 114 valence electrons. The molecule has 2 rings (SSSR count). The summed E-state index contributed by atoms with van der Waals surface area (Å²) in [5.41, 5.74) is 0.104. The number of carbonyl (C=O) groups is 1. The summed E-state index contributed by atoms with van der Waals surface area (Å²) in [5, 5.41) is 0. The van der Waals surface area contributed by atoms with E-state index >= 15 is 0 Å². The Labute approximate surface area is 120 Å². The van der Waals surface area contributed by atoms with E-state index in [4.69, 9.17) is 9.47 Å². The molecule has 1 aromatic rings. The third-order valence-corrected chi connectivity index (χ3v) is 3.29. The van der Waals surface area contributed by atoms with Gasteiger partial charge in [-0.1, -0.05) is 12.1 Å². The largest absolute Gasteiger partial charge is 0.501 e. The molecule has 1 heterocycles. The van der Waals surface area contributed by atoms with Crippen molar-refractivity contribution in [3.63, 3.8) is 0 Å². The lowest BCUT2D eigenvalue weighted by molar-refractivity contribution is -0.145. The third kappa shape index (κ3) is 4.24. The molecule has 1 unspecified atom stereocenters. The molecule has 0 aromatic heterocycles. The van der Waals surface area contributed by atoms with Crippen LogP contribution >= 0.6 is 0 Å². The van der Waals surface area contributed by atoms with Gasteiger partial charge in [-0.15, -0.1) is 0 Å². The van der Waals surface area contributed by atoms with Gasteiger partial charge in [0, 0.05) is 6.42 Å². The van der Waals surface area contributed by atoms with Crippen molar-refractivity contribution in [2.45, 2.75) is 31.5 Å². The van der Waals surface area contributed by atoms with Gasteiger partial charge in [0.05, 0.1) is 18.7 Å². The monoisotopic (exact) mass is 300 g/mol. The molecule has 0 saturated heterocycles. The summed E-state index contributed by atoms with van der Waals surface area (Å²) in [6.07, 6.45) is -1.77. The second kappa shape index (κ2) is 6.20. The van der Waals surface area contributed by atoms with E-state index in [1.807, 2.05) is 0 Å². The summed E-state index contributed by atoms with van der Waals surface area (Å²) in [6.45, 7) is 0. The van der Waals surface area contributed by atoms with Crippen LogP contribution in [0.4, 0.5) is 13.2 Å². The molecule has 3 nitrogen and oxygen atoms in total. The Morgan fingerprint density at radius 3 is 2.52 bits per heavy atom. The van der Waals surface area contributed by atoms with Crippen LogP contribution in [0, 0.1) is 0 Å². The summed E-state index contributed by atoms with van der Waals surface area (Å²) in [7, 11) is 1.48. The Bertz CT molecular complexity index is 532. The van der Waals surface area contributed by atoms with Gasteiger partial charge in [-0.25, -0.2) is 4.79 Å². The highest BCUT2D eigenvalue weighted by atomic mass is 19.4. The molecule has 0 bridgehead atoms. The molecule has 0 saturated carbocycles. The number of aryl methyl sites for hydroxylation is 1. The van der Waals surface area contributed by atoms with Crippen molar-refractivity contribution in [2.75, 3.05) is 7.11 Å². The molecule has 1 aliphatic rings. The molecule has 0 spiro atoms. The SMILES string of the molecule is COC1=CC(=O)OC(CCc2ccc(C(F)(F)F)cc2)C1. The van der Waals surface area contributed by atoms with Crippen LogP contribution in [0.3, 0.4) is 0 Å². The first-order valence-corrected chi connectivity index (χ1v) is 6.50. The van der Waals surface area contributed by atoms with Gasteiger partial charge in [0.15, 0.2) is 0 Å². The summed E-state index contributed by atoms with van der Waals surface area (Å²) in [5.74, 6) is 0.110. The number of benzene rings is 1. The van der Waals surface area contributed by atoms with Crippen LogP contribution in [0.5, 0.6) is 0 Å². The topological polar surface area (TPSA) is 35.5 Å². The Balaban J connectivity index is 1.92. The second-order valence-corrected chi connectivity index (χ2v) is 4.81. The van der Waals surface area contributed by atoms with Crippen LogP contribution in [0.15, 0.2) is 36.1 Å². The fourth-order valence-electron chi connectivity index (χ4n) is 2.15. The van der Waals surface area contributed by atoms with Gasteiger partial charge < -0.3 is 9.47 Å². The number of halogens is 3. The van der Waals surface area contributed by atoms with Crippen molar-refractivity contribution in [1.29, 1.82) is 0 Å². The molecule has 0 aliphatic carbocycles. The van der Waals surface area contributed by atoms with Gasteiger partial charge in [0.2, 0.25) is 0 Å². The number of alkyl halides is 3. The van der Waals surface area contributed by atoms with E-state index in [1.165, 1.54) is 25.3 Å². The predicted octanol–water partition coefficient (Wildman–Crippen LogP) is 3.48. The van der Waals surface area contributed by atoms with E-state index in [1.54, 1.807) is 0 Å². The number of carbonyl (C=O) groups excluding carboxylic acids is 1. The minimum Gasteiger partial charge on any atom is -0.501 e. The van der Waals surface area contributed by atoms with Gasteiger partial charge in [-0.05, 0) is 30.5 Å². The smallest absolute Gasteiger partial charge is 0.416 e. The molecule has 0 N–H and O–H groups in total. The first-order chi connectivity index (χ1) is 9.88. The predicted molar refractivity (Wildman–Crippen MR) is 69.4 cm³/mol.